The number of carbonyl (C=O) groups is 2. The van der Waals surface area contributed by atoms with Crippen molar-refractivity contribution >= 4 is 23.6 Å². The van der Waals surface area contributed by atoms with Crippen LogP contribution in [0.2, 0.25) is 0 Å². The van der Waals surface area contributed by atoms with Gasteiger partial charge in [-0.05, 0) is 30.4 Å². The fourth-order valence-corrected chi connectivity index (χ4v) is 3.32. The SMILES string of the molecule is CC(C)(C)CCCC(=O)NC1(C(=O)O)CCSC1. The summed E-state index contributed by atoms with van der Waals surface area (Å²) in [7, 11) is 0. The number of carboxylic acids is 1. The number of hydrogen-bond acceptors (Lipinski definition) is 3. The second kappa shape index (κ2) is 5.95. The number of hydrogen-bond donors (Lipinski definition) is 2. The highest BCUT2D eigenvalue weighted by Crippen LogP contribution is 2.28. The Morgan fingerprint density at radius 3 is 2.50 bits per heavy atom. The van der Waals surface area contributed by atoms with Gasteiger partial charge in [0, 0.05) is 12.2 Å². The number of thioether (sulfide) groups is 1. The molecule has 0 aromatic heterocycles. The van der Waals surface area contributed by atoms with Gasteiger partial charge in [0.15, 0.2) is 0 Å². The first-order valence-electron chi connectivity index (χ1n) is 6.37. The first kappa shape index (κ1) is 15.3. The molecule has 0 spiro atoms. The van der Waals surface area contributed by atoms with Crippen LogP contribution < -0.4 is 5.32 Å². The topological polar surface area (TPSA) is 66.4 Å². The van der Waals surface area contributed by atoms with Crippen molar-refractivity contribution in [3.8, 4) is 0 Å². The molecule has 1 amide bonds. The van der Waals surface area contributed by atoms with Gasteiger partial charge in [-0.3, -0.25) is 4.79 Å². The molecular weight excluding hydrogens is 250 g/mol. The van der Waals surface area contributed by atoms with E-state index in [2.05, 4.69) is 26.1 Å². The van der Waals surface area contributed by atoms with Gasteiger partial charge in [0.25, 0.3) is 0 Å². The Labute approximate surface area is 113 Å². The molecule has 1 heterocycles. The lowest BCUT2D eigenvalue weighted by molar-refractivity contribution is -0.146. The van der Waals surface area contributed by atoms with Crippen molar-refractivity contribution in [2.45, 2.75) is 52.0 Å². The van der Waals surface area contributed by atoms with Crippen molar-refractivity contribution in [2.75, 3.05) is 11.5 Å². The van der Waals surface area contributed by atoms with Gasteiger partial charge in [-0.25, -0.2) is 4.79 Å². The van der Waals surface area contributed by atoms with Crippen molar-refractivity contribution in [3.63, 3.8) is 0 Å². The summed E-state index contributed by atoms with van der Waals surface area (Å²) in [5, 5.41) is 12.0. The lowest BCUT2D eigenvalue weighted by Crippen LogP contribution is -2.54. The molecule has 0 bridgehead atoms. The molecule has 1 aliphatic rings. The molecule has 1 atom stereocenters. The van der Waals surface area contributed by atoms with Crippen molar-refractivity contribution < 1.29 is 14.7 Å². The second-order valence-corrected chi connectivity index (χ2v) is 7.26. The molecule has 1 rings (SSSR count). The molecule has 1 unspecified atom stereocenters. The van der Waals surface area contributed by atoms with Gasteiger partial charge in [-0.2, -0.15) is 11.8 Å². The Hall–Kier alpha value is -0.710. The molecule has 0 aromatic rings. The first-order valence-corrected chi connectivity index (χ1v) is 7.53. The lowest BCUT2D eigenvalue weighted by Gasteiger charge is -2.25. The van der Waals surface area contributed by atoms with Crippen LogP contribution >= 0.6 is 11.8 Å². The Balaban J connectivity index is 2.41. The van der Waals surface area contributed by atoms with Crippen molar-refractivity contribution in [1.29, 1.82) is 0 Å². The van der Waals surface area contributed by atoms with E-state index in [1.54, 1.807) is 11.8 Å². The molecule has 1 fully saturated rings. The van der Waals surface area contributed by atoms with Crippen LogP contribution in [0.1, 0.15) is 46.5 Å². The quantitative estimate of drug-likeness (QED) is 0.806. The molecule has 1 aliphatic heterocycles. The highest BCUT2D eigenvalue weighted by atomic mass is 32.2. The molecule has 104 valence electrons. The molecule has 0 aromatic carbocycles. The fourth-order valence-electron chi connectivity index (χ4n) is 1.99. The van der Waals surface area contributed by atoms with E-state index in [1.165, 1.54) is 0 Å². The molecular formula is C13H23NO3S. The van der Waals surface area contributed by atoms with E-state index in [1.807, 2.05) is 0 Å². The summed E-state index contributed by atoms with van der Waals surface area (Å²) in [4.78, 5) is 23.1. The van der Waals surface area contributed by atoms with E-state index in [0.717, 1.165) is 18.6 Å². The summed E-state index contributed by atoms with van der Waals surface area (Å²) in [5.41, 5.74) is -0.808. The first-order chi connectivity index (χ1) is 8.25. The minimum atomic E-state index is -1.02. The van der Waals surface area contributed by atoms with Crippen LogP contribution in [0.15, 0.2) is 0 Å². The van der Waals surface area contributed by atoms with Gasteiger partial charge in [0.05, 0.1) is 0 Å². The number of rotatable bonds is 5. The summed E-state index contributed by atoms with van der Waals surface area (Å²) in [6, 6.07) is 0. The third-order valence-electron chi connectivity index (χ3n) is 3.14. The zero-order valence-corrected chi connectivity index (χ0v) is 12.2. The molecule has 0 radical (unpaired) electrons. The van der Waals surface area contributed by atoms with E-state index in [9.17, 15) is 14.7 Å². The Kier molecular flexibility index (Phi) is 5.08. The van der Waals surface area contributed by atoms with E-state index >= 15 is 0 Å². The molecule has 5 heteroatoms. The van der Waals surface area contributed by atoms with Crippen LogP contribution in [-0.4, -0.2) is 34.0 Å². The Bertz CT molecular complexity index is 317. The van der Waals surface area contributed by atoms with E-state index in [-0.39, 0.29) is 11.3 Å². The molecule has 0 saturated carbocycles. The smallest absolute Gasteiger partial charge is 0.330 e. The lowest BCUT2D eigenvalue weighted by atomic mass is 9.89. The predicted octanol–water partition coefficient (Wildman–Crippen LogP) is 2.28. The zero-order valence-electron chi connectivity index (χ0n) is 11.4. The van der Waals surface area contributed by atoms with Crippen LogP contribution in [-0.2, 0) is 9.59 Å². The Morgan fingerprint density at radius 2 is 2.06 bits per heavy atom. The summed E-state index contributed by atoms with van der Waals surface area (Å²) in [5.74, 6) is 0.239. The summed E-state index contributed by atoms with van der Waals surface area (Å²) in [6.45, 7) is 6.41. The average molecular weight is 273 g/mol. The number of nitrogens with one attached hydrogen (secondary N) is 1. The number of aliphatic carboxylic acids is 1. The van der Waals surface area contributed by atoms with Gasteiger partial charge < -0.3 is 10.4 Å². The summed E-state index contributed by atoms with van der Waals surface area (Å²) < 4.78 is 0. The van der Waals surface area contributed by atoms with E-state index in [0.29, 0.717) is 18.6 Å². The van der Waals surface area contributed by atoms with Crippen molar-refractivity contribution in [2.24, 2.45) is 5.41 Å². The standard InChI is InChI=1S/C13H23NO3S/c1-12(2,3)6-4-5-10(15)14-13(11(16)17)7-8-18-9-13/h4-9H2,1-3H3,(H,14,15)(H,16,17). The maximum Gasteiger partial charge on any atom is 0.330 e. The minimum Gasteiger partial charge on any atom is -0.479 e. The number of carbonyl (C=O) groups excluding carboxylic acids is 1. The molecule has 0 aliphatic carbocycles. The third kappa shape index (κ3) is 4.52. The maximum atomic E-state index is 11.8. The summed E-state index contributed by atoms with van der Waals surface area (Å²) >= 11 is 1.58. The molecule has 2 N–H and O–H groups in total. The third-order valence-corrected chi connectivity index (χ3v) is 4.33. The van der Waals surface area contributed by atoms with Gasteiger partial charge in [0.1, 0.15) is 5.54 Å². The van der Waals surface area contributed by atoms with Gasteiger partial charge in [0.2, 0.25) is 5.91 Å². The highest BCUT2D eigenvalue weighted by molar-refractivity contribution is 7.99. The molecule has 18 heavy (non-hydrogen) atoms. The predicted molar refractivity (Wildman–Crippen MR) is 73.8 cm³/mol. The fraction of sp³-hybridized carbons (Fsp3) is 0.846. The zero-order chi connectivity index (χ0) is 13.8. The van der Waals surface area contributed by atoms with Gasteiger partial charge in [-0.15, -0.1) is 0 Å². The van der Waals surface area contributed by atoms with E-state index in [4.69, 9.17) is 0 Å². The second-order valence-electron chi connectivity index (χ2n) is 6.15. The highest BCUT2D eigenvalue weighted by Gasteiger charge is 2.43. The Morgan fingerprint density at radius 1 is 1.39 bits per heavy atom. The largest absolute Gasteiger partial charge is 0.479 e. The van der Waals surface area contributed by atoms with Crippen LogP contribution in [0.25, 0.3) is 0 Å². The number of amides is 1. The van der Waals surface area contributed by atoms with Gasteiger partial charge >= 0.3 is 5.97 Å². The molecule has 1 saturated heterocycles. The normalized spacial score (nSPS) is 23.9. The number of carboxylic acid groups (broad SMARTS) is 1. The van der Waals surface area contributed by atoms with Crippen molar-refractivity contribution in [1.82, 2.24) is 5.32 Å². The van der Waals surface area contributed by atoms with Crippen LogP contribution in [0.5, 0.6) is 0 Å². The molecule has 4 nitrogen and oxygen atoms in total. The van der Waals surface area contributed by atoms with Crippen molar-refractivity contribution in [3.05, 3.63) is 0 Å². The van der Waals surface area contributed by atoms with Crippen LogP contribution in [0.3, 0.4) is 0 Å². The van der Waals surface area contributed by atoms with E-state index < -0.39 is 11.5 Å². The van der Waals surface area contributed by atoms with Gasteiger partial charge in [-0.1, -0.05) is 20.8 Å². The minimum absolute atomic E-state index is 0.135. The average Bonchev–Trinajstić information content (AvgIpc) is 2.65. The van der Waals surface area contributed by atoms with Crippen LogP contribution in [0, 0.1) is 5.41 Å². The monoisotopic (exact) mass is 273 g/mol. The van der Waals surface area contributed by atoms with Crippen LogP contribution in [0.4, 0.5) is 0 Å². The summed E-state index contributed by atoms with van der Waals surface area (Å²) in [6.07, 6.45) is 2.71. The maximum absolute atomic E-state index is 11.8.